The highest BCUT2D eigenvalue weighted by atomic mass is 19.1. The van der Waals surface area contributed by atoms with Gasteiger partial charge in [0.05, 0.1) is 17.1 Å². The number of hydrogen-bond acceptors (Lipinski definition) is 6. The average Bonchev–Trinajstić information content (AvgIpc) is 2.67. The molecule has 2 N–H and O–H groups in total. The van der Waals surface area contributed by atoms with E-state index in [4.69, 9.17) is 10.6 Å². The highest BCUT2D eigenvalue weighted by Gasteiger charge is 2.31. The Morgan fingerprint density at radius 2 is 1.97 bits per heavy atom. The number of hydrogen-bond donors (Lipinski definition) is 1. The monoisotopic (exact) mass is 395 g/mol. The summed E-state index contributed by atoms with van der Waals surface area (Å²) < 4.78 is 28.4. The Hall–Kier alpha value is -3.42. The van der Waals surface area contributed by atoms with Gasteiger partial charge in [-0.25, -0.2) is 19.3 Å². The largest absolute Gasteiger partial charge is 0.399 e. The fourth-order valence-corrected chi connectivity index (χ4v) is 3.94. The van der Waals surface area contributed by atoms with Crippen LogP contribution in [0.25, 0.3) is 11.1 Å². The van der Waals surface area contributed by atoms with Crippen LogP contribution in [0.3, 0.4) is 0 Å². The van der Waals surface area contributed by atoms with Crippen LogP contribution < -0.4 is 5.73 Å². The molecule has 0 spiro atoms. The highest BCUT2D eigenvalue weighted by molar-refractivity contribution is 6.03. The Morgan fingerprint density at radius 3 is 2.72 bits per heavy atom. The molecule has 8 heteroatoms. The van der Waals surface area contributed by atoms with Crippen LogP contribution in [0.4, 0.5) is 14.7 Å². The zero-order valence-corrected chi connectivity index (χ0v) is 16.0. The Labute approximate surface area is 166 Å². The van der Waals surface area contributed by atoms with Gasteiger partial charge in [0.1, 0.15) is 12.9 Å². The topological polar surface area (TPSA) is 86.3 Å². The van der Waals surface area contributed by atoms with Gasteiger partial charge in [0.25, 0.3) is 0 Å². The number of halogens is 2. The van der Waals surface area contributed by atoms with Crippen molar-refractivity contribution < 1.29 is 13.6 Å². The molecule has 148 valence electrons. The lowest BCUT2D eigenvalue weighted by molar-refractivity contribution is 0.212. The molecule has 1 aromatic carbocycles. The van der Waals surface area contributed by atoms with Gasteiger partial charge in [-0.2, -0.15) is 4.39 Å². The summed E-state index contributed by atoms with van der Waals surface area (Å²) in [5, 5.41) is 4.16. The molecule has 0 bridgehead atoms. The number of nitrogens with two attached hydrogens (primary N) is 1. The molecule has 3 aromatic rings. The summed E-state index contributed by atoms with van der Waals surface area (Å²) in [5.41, 5.74) is 10.3. The van der Waals surface area contributed by atoms with Crippen molar-refractivity contribution in [2.24, 2.45) is 5.16 Å². The Balaban J connectivity index is 1.86. The number of anilines is 1. The molecule has 0 saturated heterocycles. The maximum atomic E-state index is 14.4. The number of nitrogens with zero attached hydrogens (tertiary/aromatic N) is 4. The van der Waals surface area contributed by atoms with E-state index in [-0.39, 0.29) is 17.4 Å². The van der Waals surface area contributed by atoms with Crippen molar-refractivity contribution in [3.05, 3.63) is 70.8 Å². The van der Waals surface area contributed by atoms with Gasteiger partial charge in [0.2, 0.25) is 11.9 Å². The van der Waals surface area contributed by atoms with Crippen molar-refractivity contribution in [3.63, 3.8) is 0 Å². The minimum Gasteiger partial charge on any atom is -0.399 e. The average molecular weight is 395 g/mol. The van der Waals surface area contributed by atoms with Crippen molar-refractivity contribution in [3.8, 4) is 11.1 Å². The van der Waals surface area contributed by atoms with Crippen molar-refractivity contribution in [1.29, 1.82) is 0 Å². The number of nitrogen functional groups attached to an aromatic ring is 1. The first-order valence-electron chi connectivity index (χ1n) is 9.11. The summed E-state index contributed by atoms with van der Waals surface area (Å²) in [6, 6.07) is 7.59. The molecule has 2 heterocycles. The van der Waals surface area contributed by atoms with Gasteiger partial charge in [0.15, 0.2) is 0 Å². The van der Waals surface area contributed by atoms with E-state index in [1.807, 2.05) is 6.92 Å². The zero-order chi connectivity index (χ0) is 20.5. The van der Waals surface area contributed by atoms with E-state index < -0.39 is 11.8 Å². The Kier molecular flexibility index (Phi) is 4.92. The highest BCUT2D eigenvalue weighted by Crippen LogP contribution is 2.39. The van der Waals surface area contributed by atoms with Gasteiger partial charge >= 0.3 is 0 Å². The molecule has 6 nitrogen and oxygen atoms in total. The van der Waals surface area contributed by atoms with Crippen molar-refractivity contribution in [1.82, 2.24) is 15.0 Å². The molecule has 0 fully saturated rings. The fraction of sp³-hybridized carbons (Fsp3) is 0.238. The van der Waals surface area contributed by atoms with Crippen LogP contribution in [-0.2, 0) is 11.3 Å². The summed E-state index contributed by atoms with van der Waals surface area (Å²) in [4.78, 5) is 17.4. The van der Waals surface area contributed by atoms with E-state index in [2.05, 4.69) is 20.1 Å². The van der Waals surface area contributed by atoms with E-state index in [0.29, 0.717) is 24.1 Å². The lowest BCUT2D eigenvalue weighted by atomic mass is 9.78. The molecule has 0 saturated carbocycles. The number of aromatic nitrogens is 3. The van der Waals surface area contributed by atoms with Gasteiger partial charge in [-0.3, -0.25) is 0 Å². The predicted molar refractivity (Wildman–Crippen MR) is 105 cm³/mol. The number of pyridine rings is 1. The molecular formula is C21H19F2N5O. The maximum absolute atomic E-state index is 14.4. The van der Waals surface area contributed by atoms with Crippen LogP contribution in [0.5, 0.6) is 0 Å². The van der Waals surface area contributed by atoms with Crippen molar-refractivity contribution >= 4 is 11.7 Å². The summed E-state index contributed by atoms with van der Waals surface area (Å²) in [6.07, 6.45) is 2.40. The summed E-state index contributed by atoms with van der Waals surface area (Å²) in [7, 11) is 1.47. The molecule has 1 aliphatic rings. The number of aryl methyl sites for hydroxylation is 1. The molecule has 4 rings (SSSR count). The van der Waals surface area contributed by atoms with Gasteiger partial charge in [-0.1, -0.05) is 11.2 Å². The standard InChI is InChI=1S/C21H19F2N5O/c1-11-19-17(27-21(24)26-11)8-12(9-18(19)28-29-2)14-6-5-13(22)10-16(14)15-4-3-7-25-20(15)23/h3-7,10,12H,8-9H2,1-2H3,(H2,24,26,27). The van der Waals surface area contributed by atoms with E-state index in [1.54, 1.807) is 18.2 Å². The molecule has 1 atom stereocenters. The van der Waals surface area contributed by atoms with E-state index in [1.165, 1.54) is 25.4 Å². The molecule has 29 heavy (non-hydrogen) atoms. The molecular weight excluding hydrogens is 376 g/mol. The Bertz CT molecular complexity index is 1120. The van der Waals surface area contributed by atoms with Crippen LogP contribution in [-0.4, -0.2) is 27.8 Å². The van der Waals surface area contributed by atoms with Gasteiger partial charge in [-0.05, 0) is 54.7 Å². The first kappa shape index (κ1) is 18.9. The SMILES string of the molecule is CON=C1CC(c2ccc(F)cc2-c2cccnc2F)Cc2nc(N)nc(C)c21. The summed E-state index contributed by atoms with van der Waals surface area (Å²) >= 11 is 0. The van der Waals surface area contributed by atoms with Crippen LogP contribution in [0.1, 0.15) is 34.9 Å². The molecule has 0 amide bonds. The maximum Gasteiger partial charge on any atom is 0.220 e. The third-order valence-corrected chi connectivity index (χ3v) is 5.06. The van der Waals surface area contributed by atoms with E-state index in [0.717, 1.165) is 22.5 Å². The minimum atomic E-state index is -0.649. The quantitative estimate of drug-likeness (QED) is 0.539. The molecule has 0 radical (unpaired) electrons. The van der Waals surface area contributed by atoms with Crippen LogP contribution in [0.15, 0.2) is 41.7 Å². The molecule has 2 aromatic heterocycles. The van der Waals surface area contributed by atoms with Crippen LogP contribution >= 0.6 is 0 Å². The van der Waals surface area contributed by atoms with Gasteiger partial charge in [0, 0.05) is 23.7 Å². The van der Waals surface area contributed by atoms with Crippen LogP contribution in [0.2, 0.25) is 0 Å². The van der Waals surface area contributed by atoms with E-state index in [9.17, 15) is 8.78 Å². The van der Waals surface area contributed by atoms with Crippen LogP contribution in [0, 0.1) is 18.7 Å². The van der Waals surface area contributed by atoms with Gasteiger partial charge in [-0.15, -0.1) is 0 Å². The first-order chi connectivity index (χ1) is 14.0. The second-order valence-electron chi connectivity index (χ2n) is 6.89. The number of rotatable bonds is 3. The predicted octanol–water partition coefficient (Wildman–Crippen LogP) is 3.79. The lowest BCUT2D eigenvalue weighted by Crippen LogP contribution is -2.24. The van der Waals surface area contributed by atoms with Crippen molar-refractivity contribution in [2.75, 3.05) is 12.8 Å². The number of benzene rings is 1. The van der Waals surface area contributed by atoms with E-state index >= 15 is 0 Å². The second kappa shape index (κ2) is 7.54. The third kappa shape index (κ3) is 3.53. The summed E-state index contributed by atoms with van der Waals surface area (Å²) in [5.74, 6) is -1.04. The smallest absolute Gasteiger partial charge is 0.220 e. The minimum absolute atomic E-state index is 0.125. The summed E-state index contributed by atoms with van der Waals surface area (Å²) in [6.45, 7) is 1.84. The molecule has 1 aliphatic carbocycles. The second-order valence-corrected chi connectivity index (χ2v) is 6.89. The number of oxime groups is 1. The Morgan fingerprint density at radius 1 is 1.14 bits per heavy atom. The lowest BCUT2D eigenvalue weighted by Gasteiger charge is -2.27. The number of fused-ring (bicyclic) bond motifs is 1. The normalized spacial score (nSPS) is 17.2. The van der Waals surface area contributed by atoms with Crippen molar-refractivity contribution in [2.45, 2.75) is 25.7 Å². The fourth-order valence-electron chi connectivity index (χ4n) is 3.94. The third-order valence-electron chi connectivity index (χ3n) is 5.06. The molecule has 1 unspecified atom stereocenters. The van der Waals surface area contributed by atoms with Gasteiger partial charge < -0.3 is 10.6 Å². The zero-order valence-electron chi connectivity index (χ0n) is 16.0. The molecule has 0 aliphatic heterocycles. The first-order valence-corrected chi connectivity index (χ1v) is 9.11.